The van der Waals surface area contributed by atoms with Crippen molar-refractivity contribution in [1.29, 1.82) is 0 Å². The summed E-state index contributed by atoms with van der Waals surface area (Å²) in [6.07, 6.45) is 6.61. The Hall–Kier alpha value is -2.68. The predicted octanol–water partition coefficient (Wildman–Crippen LogP) is 6.91. The second kappa shape index (κ2) is 13.8. The van der Waals surface area contributed by atoms with Crippen molar-refractivity contribution in [2.75, 3.05) is 32.8 Å². The number of halogens is 3. The van der Waals surface area contributed by atoms with Crippen molar-refractivity contribution in [2.45, 2.75) is 77.8 Å². The summed E-state index contributed by atoms with van der Waals surface area (Å²) >= 11 is 0. The number of likely N-dealkylation sites (tertiary alicyclic amines) is 1. The van der Waals surface area contributed by atoms with Gasteiger partial charge in [-0.25, -0.2) is 9.97 Å². The number of nitrogens with one attached hydrogen (secondary N) is 1. The fraction of sp³-hybridized carbons (Fsp3) is 0.645. The molecule has 1 saturated heterocycles. The van der Waals surface area contributed by atoms with Gasteiger partial charge in [0.25, 0.3) is 5.91 Å². The first-order valence-electron chi connectivity index (χ1n) is 14.8. The van der Waals surface area contributed by atoms with Gasteiger partial charge >= 0.3 is 12.2 Å². The van der Waals surface area contributed by atoms with Crippen LogP contribution in [0.1, 0.15) is 82.0 Å². The first kappa shape index (κ1) is 30.3. The average molecular weight is 561 g/mol. The Labute approximate surface area is 236 Å². The maximum Gasteiger partial charge on any atom is 0.395 e. The molecule has 1 aliphatic heterocycles. The van der Waals surface area contributed by atoms with E-state index < -0.39 is 11.6 Å². The fourth-order valence-corrected chi connectivity index (χ4v) is 5.69. The Kier molecular flexibility index (Phi) is 10.4. The summed E-state index contributed by atoms with van der Waals surface area (Å²) in [5, 5.41) is 3.02. The summed E-state index contributed by atoms with van der Waals surface area (Å²) in [5.41, 5.74) is 0.902. The molecule has 1 aromatic carbocycles. The van der Waals surface area contributed by atoms with Gasteiger partial charge in [-0.15, -0.1) is 0 Å². The molecule has 4 rings (SSSR count). The number of unbranched alkanes of at least 4 members (excludes halogenated alkanes) is 1. The molecule has 2 heterocycles. The summed E-state index contributed by atoms with van der Waals surface area (Å²) in [5.74, 6) is 0.837. The van der Waals surface area contributed by atoms with Gasteiger partial charge in [0.1, 0.15) is 0 Å². The number of carbonyl (C=O) groups excluding carboxylic acids is 1. The Morgan fingerprint density at radius 3 is 2.38 bits per heavy atom. The van der Waals surface area contributed by atoms with E-state index in [-0.39, 0.29) is 25.3 Å². The van der Waals surface area contributed by atoms with Crippen molar-refractivity contribution >= 4 is 5.91 Å². The Morgan fingerprint density at radius 2 is 1.80 bits per heavy atom. The van der Waals surface area contributed by atoms with Crippen molar-refractivity contribution in [1.82, 2.24) is 20.2 Å². The number of carbonyl (C=O) groups is 1. The molecule has 0 radical (unpaired) electrons. The SMILES string of the molecule is CCCC[C@H](C)CNC(=O)c1ccc(-c2cnc(OCCC3CCN(CC4(C(F)(F)F)CCC4)CC3)nc2)cc1. The molecule has 220 valence electrons. The highest BCUT2D eigenvalue weighted by molar-refractivity contribution is 5.94. The molecule has 0 spiro atoms. The van der Waals surface area contributed by atoms with Gasteiger partial charge in [0.15, 0.2) is 0 Å². The van der Waals surface area contributed by atoms with Crippen LogP contribution in [0.25, 0.3) is 11.1 Å². The number of benzene rings is 1. The van der Waals surface area contributed by atoms with Crippen LogP contribution in [0.15, 0.2) is 36.7 Å². The molecule has 1 atom stereocenters. The summed E-state index contributed by atoms with van der Waals surface area (Å²) in [6, 6.07) is 7.72. The lowest BCUT2D eigenvalue weighted by molar-refractivity contribution is -0.256. The second-order valence-electron chi connectivity index (χ2n) is 11.8. The first-order chi connectivity index (χ1) is 19.2. The molecule has 2 aromatic rings. The van der Waals surface area contributed by atoms with E-state index in [4.69, 9.17) is 4.74 Å². The molecule has 9 heteroatoms. The lowest BCUT2D eigenvalue weighted by Crippen LogP contribution is -2.53. The maximum absolute atomic E-state index is 13.5. The lowest BCUT2D eigenvalue weighted by atomic mass is 9.67. The second-order valence-corrected chi connectivity index (χ2v) is 11.8. The number of piperidine rings is 1. The molecule has 2 fully saturated rings. The van der Waals surface area contributed by atoms with E-state index in [0.29, 0.717) is 56.1 Å². The predicted molar refractivity (Wildman–Crippen MR) is 150 cm³/mol. The Morgan fingerprint density at radius 1 is 1.12 bits per heavy atom. The first-order valence-corrected chi connectivity index (χ1v) is 14.8. The van der Waals surface area contributed by atoms with Crippen LogP contribution in [-0.4, -0.2) is 59.7 Å². The minimum absolute atomic E-state index is 0.0656. The highest BCUT2D eigenvalue weighted by atomic mass is 19.4. The van der Waals surface area contributed by atoms with E-state index >= 15 is 0 Å². The number of rotatable bonds is 13. The van der Waals surface area contributed by atoms with E-state index in [9.17, 15) is 18.0 Å². The van der Waals surface area contributed by atoms with Gasteiger partial charge in [-0.05, 0) is 81.1 Å². The zero-order valence-corrected chi connectivity index (χ0v) is 23.8. The summed E-state index contributed by atoms with van der Waals surface area (Å²) in [7, 11) is 0. The zero-order valence-electron chi connectivity index (χ0n) is 23.8. The number of nitrogens with zero attached hydrogens (tertiary/aromatic N) is 3. The third kappa shape index (κ3) is 7.95. The third-order valence-corrected chi connectivity index (χ3v) is 8.67. The molecule has 1 aliphatic carbocycles. The molecule has 40 heavy (non-hydrogen) atoms. The van der Waals surface area contributed by atoms with Crippen molar-refractivity contribution in [3.63, 3.8) is 0 Å². The molecule has 0 bridgehead atoms. The average Bonchev–Trinajstić information content (AvgIpc) is 2.93. The number of hydrogen-bond acceptors (Lipinski definition) is 5. The van der Waals surface area contributed by atoms with Gasteiger partial charge in [-0.2, -0.15) is 13.2 Å². The number of hydrogen-bond donors (Lipinski definition) is 1. The van der Waals surface area contributed by atoms with Gasteiger partial charge in [-0.3, -0.25) is 4.79 Å². The molecule has 1 aromatic heterocycles. The normalized spacial score (nSPS) is 18.6. The molecule has 2 aliphatic rings. The van der Waals surface area contributed by atoms with Crippen LogP contribution in [0.2, 0.25) is 0 Å². The monoisotopic (exact) mass is 560 g/mol. The summed E-state index contributed by atoms with van der Waals surface area (Å²) in [4.78, 5) is 23.1. The van der Waals surface area contributed by atoms with Gasteiger partial charge in [0.05, 0.1) is 12.0 Å². The Balaban J connectivity index is 1.16. The quantitative estimate of drug-likeness (QED) is 0.288. The smallest absolute Gasteiger partial charge is 0.395 e. The minimum atomic E-state index is -4.10. The van der Waals surface area contributed by atoms with Crippen LogP contribution in [0.4, 0.5) is 13.2 Å². The third-order valence-electron chi connectivity index (χ3n) is 8.67. The van der Waals surface area contributed by atoms with E-state index in [2.05, 4.69) is 29.1 Å². The van der Waals surface area contributed by atoms with Crippen molar-refractivity contribution in [2.24, 2.45) is 17.3 Å². The molecule has 0 unspecified atom stereocenters. The zero-order chi connectivity index (χ0) is 28.6. The van der Waals surface area contributed by atoms with E-state index in [1.54, 1.807) is 12.4 Å². The fourth-order valence-electron chi connectivity index (χ4n) is 5.69. The number of amides is 1. The molecule has 1 saturated carbocycles. The molecular weight excluding hydrogens is 517 g/mol. The summed E-state index contributed by atoms with van der Waals surface area (Å²) < 4.78 is 46.2. The van der Waals surface area contributed by atoms with Crippen molar-refractivity contribution in [3.05, 3.63) is 42.2 Å². The van der Waals surface area contributed by atoms with Crippen molar-refractivity contribution < 1.29 is 22.7 Å². The number of aromatic nitrogens is 2. The molecular formula is C31H43F3N4O2. The van der Waals surface area contributed by atoms with E-state index in [0.717, 1.165) is 43.2 Å². The molecule has 1 amide bonds. The summed E-state index contributed by atoms with van der Waals surface area (Å²) in [6.45, 7) is 7.07. The topological polar surface area (TPSA) is 67.3 Å². The van der Waals surface area contributed by atoms with Crippen LogP contribution in [0.5, 0.6) is 6.01 Å². The number of ether oxygens (including phenoxy) is 1. The highest BCUT2D eigenvalue weighted by Crippen LogP contribution is 2.53. The standard InChI is InChI=1S/C31H43F3N4O2/c1-3-4-6-23(2)19-35-28(39)26-9-7-25(8-10-26)27-20-36-29(37-21-27)40-18-13-24-11-16-38(17-12-24)22-30(14-5-15-30)31(32,33)34/h7-10,20-21,23-24H,3-6,11-19,22H2,1-2H3,(H,35,39)/t23-/m0/s1. The minimum Gasteiger partial charge on any atom is -0.463 e. The van der Waals surface area contributed by atoms with Crippen LogP contribution < -0.4 is 10.1 Å². The van der Waals surface area contributed by atoms with Crippen LogP contribution in [0, 0.1) is 17.3 Å². The van der Waals surface area contributed by atoms with Gasteiger partial charge in [-0.1, -0.05) is 45.2 Å². The van der Waals surface area contributed by atoms with Crippen LogP contribution in [-0.2, 0) is 0 Å². The Bertz CT molecular complexity index is 1060. The largest absolute Gasteiger partial charge is 0.463 e. The number of alkyl halides is 3. The van der Waals surface area contributed by atoms with E-state index in [1.165, 1.54) is 6.42 Å². The van der Waals surface area contributed by atoms with Crippen LogP contribution >= 0.6 is 0 Å². The van der Waals surface area contributed by atoms with Crippen molar-refractivity contribution in [3.8, 4) is 17.1 Å². The van der Waals surface area contributed by atoms with E-state index in [1.807, 2.05) is 29.2 Å². The highest BCUT2D eigenvalue weighted by Gasteiger charge is 2.58. The van der Waals surface area contributed by atoms with Gasteiger partial charge in [0.2, 0.25) is 0 Å². The van der Waals surface area contributed by atoms with Gasteiger partial charge < -0.3 is 15.0 Å². The van der Waals surface area contributed by atoms with Gasteiger partial charge in [0, 0.05) is 36.6 Å². The maximum atomic E-state index is 13.5. The van der Waals surface area contributed by atoms with Crippen LogP contribution in [0.3, 0.4) is 0 Å². The molecule has 1 N–H and O–H groups in total. The lowest BCUT2D eigenvalue weighted by Gasteiger charge is -2.47. The molecule has 6 nitrogen and oxygen atoms in total.